The Labute approximate surface area is 144 Å². The molecule has 1 aliphatic heterocycles. The minimum Gasteiger partial charge on any atom is -0.449 e. The zero-order chi connectivity index (χ0) is 17.4. The number of benzene rings is 1. The van der Waals surface area contributed by atoms with Crippen molar-refractivity contribution in [3.8, 4) is 0 Å². The van der Waals surface area contributed by atoms with E-state index in [4.69, 9.17) is 4.74 Å². The standard InChI is InChI=1S/C19H28N2O3/c1-15(2)14-24-19(23)20-17-10-12-21(13-11-17)18(22)9-8-16-6-4-3-5-7-16/h3-7,15,17H,8-14H2,1-2H3,(H,20,23). The highest BCUT2D eigenvalue weighted by molar-refractivity contribution is 5.76. The average Bonchev–Trinajstić information content (AvgIpc) is 2.59. The van der Waals surface area contributed by atoms with Crippen molar-refractivity contribution in [3.05, 3.63) is 35.9 Å². The molecule has 0 aromatic heterocycles. The molecule has 5 heteroatoms. The summed E-state index contributed by atoms with van der Waals surface area (Å²) in [6.07, 6.45) is 2.54. The Morgan fingerprint density at radius 3 is 2.50 bits per heavy atom. The summed E-state index contributed by atoms with van der Waals surface area (Å²) < 4.78 is 5.14. The van der Waals surface area contributed by atoms with Crippen molar-refractivity contribution in [2.75, 3.05) is 19.7 Å². The van der Waals surface area contributed by atoms with Crippen LogP contribution in [0.1, 0.15) is 38.7 Å². The number of piperidine rings is 1. The van der Waals surface area contributed by atoms with Crippen LogP contribution in [-0.4, -0.2) is 42.6 Å². The summed E-state index contributed by atoms with van der Waals surface area (Å²) in [7, 11) is 0. The normalized spacial score (nSPS) is 15.4. The predicted octanol–water partition coefficient (Wildman–Crippen LogP) is 2.99. The molecular formula is C19H28N2O3. The van der Waals surface area contributed by atoms with Gasteiger partial charge >= 0.3 is 6.09 Å². The summed E-state index contributed by atoms with van der Waals surface area (Å²) in [6, 6.07) is 10.2. The molecular weight excluding hydrogens is 304 g/mol. The van der Waals surface area contributed by atoms with E-state index in [0.29, 0.717) is 32.0 Å². The number of amides is 2. The van der Waals surface area contributed by atoms with Crippen LogP contribution in [0.2, 0.25) is 0 Å². The smallest absolute Gasteiger partial charge is 0.407 e. The molecule has 1 N–H and O–H groups in total. The fourth-order valence-corrected chi connectivity index (χ4v) is 2.78. The molecule has 1 fully saturated rings. The first kappa shape index (κ1) is 18.3. The summed E-state index contributed by atoms with van der Waals surface area (Å²) in [4.78, 5) is 25.9. The lowest BCUT2D eigenvalue weighted by atomic mass is 10.0. The molecule has 1 heterocycles. The molecule has 0 atom stereocenters. The van der Waals surface area contributed by atoms with Crippen LogP contribution in [0.5, 0.6) is 0 Å². The van der Waals surface area contributed by atoms with Gasteiger partial charge in [0.05, 0.1) is 6.61 Å². The molecule has 2 amide bonds. The largest absolute Gasteiger partial charge is 0.449 e. The lowest BCUT2D eigenvalue weighted by Crippen LogP contribution is -2.46. The first-order valence-electron chi connectivity index (χ1n) is 8.79. The van der Waals surface area contributed by atoms with Gasteiger partial charge in [0.1, 0.15) is 0 Å². The van der Waals surface area contributed by atoms with Gasteiger partial charge in [0, 0.05) is 25.6 Å². The second-order valence-corrected chi connectivity index (χ2v) is 6.78. The molecule has 0 radical (unpaired) electrons. The van der Waals surface area contributed by atoms with Crippen LogP contribution < -0.4 is 5.32 Å². The number of aryl methyl sites for hydroxylation is 1. The topological polar surface area (TPSA) is 58.6 Å². The number of nitrogens with zero attached hydrogens (tertiary/aromatic N) is 1. The van der Waals surface area contributed by atoms with E-state index < -0.39 is 0 Å². The maximum absolute atomic E-state index is 12.3. The number of rotatable bonds is 6. The van der Waals surface area contributed by atoms with Crippen molar-refractivity contribution in [1.82, 2.24) is 10.2 Å². The van der Waals surface area contributed by atoms with Crippen LogP contribution in [0.3, 0.4) is 0 Å². The summed E-state index contributed by atoms with van der Waals surface area (Å²) in [6.45, 7) is 5.84. The van der Waals surface area contributed by atoms with Crippen molar-refractivity contribution in [2.24, 2.45) is 5.92 Å². The number of nitrogens with one attached hydrogen (secondary N) is 1. The summed E-state index contributed by atoms with van der Waals surface area (Å²) >= 11 is 0. The monoisotopic (exact) mass is 332 g/mol. The van der Waals surface area contributed by atoms with Gasteiger partial charge in [-0.1, -0.05) is 44.2 Å². The molecule has 5 nitrogen and oxygen atoms in total. The third kappa shape index (κ3) is 6.22. The molecule has 132 valence electrons. The first-order chi connectivity index (χ1) is 11.5. The number of hydrogen-bond acceptors (Lipinski definition) is 3. The van der Waals surface area contributed by atoms with Gasteiger partial charge in [-0.25, -0.2) is 4.79 Å². The van der Waals surface area contributed by atoms with Crippen molar-refractivity contribution in [1.29, 1.82) is 0 Å². The van der Waals surface area contributed by atoms with Gasteiger partial charge in [-0.05, 0) is 30.7 Å². The molecule has 1 aliphatic rings. The third-order valence-corrected chi connectivity index (χ3v) is 4.19. The Kier molecular flexibility index (Phi) is 7.09. The van der Waals surface area contributed by atoms with Gasteiger partial charge in [0.15, 0.2) is 0 Å². The van der Waals surface area contributed by atoms with E-state index in [1.165, 1.54) is 5.56 Å². The third-order valence-electron chi connectivity index (χ3n) is 4.19. The predicted molar refractivity (Wildman–Crippen MR) is 93.7 cm³/mol. The SMILES string of the molecule is CC(C)COC(=O)NC1CCN(C(=O)CCc2ccccc2)CC1. The van der Waals surface area contributed by atoms with E-state index in [2.05, 4.69) is 5.32 Å². The van der Waals surface area contributed by atoms with E-state index in [1.807, 2.05) is 49.1 Å². The van der Waals surface area contributed by atoms with E-state index in [0.717, 1.165) is 19.3 Å². The minimum absolute atomic E-state index is 0.0998. The number of carbonyl (C=O) groups excluding carboxylic acids is 2. The second-order valence-electron chi connectivity index (χ2n) is 6.78. The molecule has 0 unspecified atom stereocenters. The zero-order valence-corrected chi connectivity index (χ0v) is 14.7. The second kappa shape index (κ2) is 9.30. The molecule has 0 spiro atoms. The fraction of sp³-hybridized carbons (Fsp3) is 0.579. The molecule has 1 aromatic carbocycles. The van der Waals surface area contributed by atoms with Crippen LogP contribution in [0, 0.1) is 5.92 Å². The van der Waals surface area contributed by atoms with Gasteiger partial charge < -0.3 is 15.0 Å². The van der Waals surface area contributed by atoms with Crippen molar-refractivity contribution in [3.63, 3.8) is 0 Å². The van der Waals surface area contributed by atoms with Crippen LogP contribution >= 0.6 is 0 Å². The molecule has 0 aliphatic carbocycles. The van der Waals surface area contributed by atoms with Gasteiger partial charge in [-0.3, -0.25) is 4.79 Å². The number of ether oxygens (including phenoxy) is 1. The van der Waals surface area contributed by atoms with Crippen LogP contribution in [0.15, 0.2) is 30.3 Å². The number of carbonyl (C=O) groups is 2. The summed E-state index contributed by atoms with van der Waals surface area (Å²) in [5.74, 6) is 0.527. The highest BCUT2D eigenvalue weighted by atomic mass is 16.5. The lowest BCUT2D eigenvalue weighted by Gasteiger charge is -2.32. The van der Waals surface area contributed by atoms with Crippen LogP contribution in [0.25, 0.3) is 0 Å². The Morgan fingerprint density at radius 1 is 1.21 bits per heavy atom. The van der Waals surface area contributed by atoms with Crippen molar-refractivity contribution < 1.29 is 14.3 Å². The van der Waals surface area contributed by atoms with Crippen molar-refractivity contribution >= 4 is 12.0 Å². The minimum atomic E-state index is -0.349. The van der Waals surface area contributed by atoms with Gasteiger partial charge in [-0.15, -0.1) is 0 Å². The fourth-order valence-electron chi connectivity index (χ4n) is 2.78. The average molecular weight is 332 g/mol. The Hall–Kier alpha value is -2.04. The Bertz CT molecular complexity index is 523. The maximum Gasteiger partial charge on any atom is 0.407 e. The Balaban J connectivity index is 1.66. The van der Waals surface area contributed by atoms with Crippen LogP contribution in [-0.2, 0) is 16.0 Å². The molecule has 1 aromatic rings. The number of hydrogen-bond donors (Lipinski definition) is 1. The van der Waals surface area contributed by atoms with Gasteiger partial charge in [-0.2, -0.15) is 0 Å². The summed E-state index contributed by atoms with van der Waals surface area (Å²) in [5.41, 5.74) is 1.19. The highest BCUT2D eigenvalue weighted by Gasteiger charge is 2.24. The summed E-state index contributed by atoms with van der Waals surface area (Å²) in [5, 5.41) is 2.89. The van der Waals surface area contributed by atoms with Crippen molar-refractivity contribution in [2.45, 2.75) is 45.6 Å². The highest BCUT2D eigenvalue weighted by Crippen LogP contribution is 2.13. The lowest BCUT2D eigenvalue weighted by molar-refractivity contribution is -0.132. The molecule has 24 heavy (non-hydrogen) atoms. The molecule has 1 saturated heterocycles. The Morgan fingerprint density at radius 2 is 1.88 bits per heavy atom. The molecule has 0 saturated carbocycles. The van der Waals surface area contributed by atoms with E-state index in [1.54, 1.807) is 0 Å². The first-order valence-corrected chi connectivity index (χ1v) is 8.79. The van der Waals surface area contributed by atoms with Gasteiger partial charge in [0.25, 0.3) is 0 Å². The van der Waals surface area contributed by atoms with E-state index in [-0.39, 0.29) is 18.0 Å². The molecule has 0 bridgehead atoms. The van der Waals surface area contributed by atoms with E-state index >= 15 is 0 Å². The number of likely N-dealkylation sites (tertiary alicyclic amines) is 1. The molecule has 2 rings (SSSR count). The maximum atomic E-state index is 12.3. The van der Waals surface area contributed by atoms with Gasteiger partial charge in [0.2, 0.25) is 5.91 Å². The quantitative estimate of drug-likeness (QED) is 0.871. The van der Waals surface area contributed by atoms with E-state index in [9.17, 15) is 9.59 Å². The van der Waals surface area contributed by atoms with Crippen LogP contribution in [0.4, 0.5) is 4.79 Å². The zero-order valence-electron chi connectivity index (χ0n) is 14.7. The number of alkyl carbamates (subject to hydrolysis) is 1.